The first-order chi connectivity index (χ1) is 14.8. The van der Waals surface area contributed by atoms with Crippen LogP contribution in [0.5, 0.6) is 0 Å². The molecule has 0 spiro atoms. The highest BCUT2D eigenvalue weighted by Crippen LogP contribution is 2.66. The summed E-state index contributed by atoms with van der Waals surface area (Å²) in [6.45, 7) is -1.09. The van der Waals surface area contributed by atoms with Crippen LogP contribution in [0.1, 0.15) is 12.8 Å². The van der Waals surface area contributed by atoms with Gasteiger partial charge in [-0.1, -0.05) is 0 Å². The smallest absolute Gasteiger partial charge is 0.330 e. The van der Waals surface area contributed by atoms with Gasteiger partial charge < -0.3 is 5.73 Å². The molecule has 0 aromatic heterocycles. The van der Waals surface area contributed by atoms with Crippen LogP contribution < -0.4 is 5.73 Å². The summed E-state index contributed by atoms with van der Waals surface area (Å²) in [4.78, 5) is 0. The Morgan fingerprint density at radius 3 is 0.806 bits per heavy atom. The highest BCUT2D eigenvalue weighted by molar-refractivity contribution is 5.85. The molecule has 0 unspecified atom stereocenters. The summed E-state index contributed by atoms with van der Waals surface area (Å²) in [5.74, 6) is -76.5. The summed E-state index contributed by atoms with van der Waals surface area (Å²) in [6.07, 6.45) is -12.1. The van der Waals surface area contributed by atoms with Gasteiger partial charge in [-0.15, -0.1) is 12.4 Å². The van der Waals surface area contributed by atoms with Crippen LogP contribution in [0.2, 0.25) is 0 Å². The zero-order valence-electron chi connectivity index (χ0n) is 16.0. The second-order valence-electron chi connectivity index (χ2n) is 6.69. The van der Waals surface area contributed by atoms with E-state index in [1.807, 2.05) is 0 Å². The third kappa shape index (κ3) is 4.61. The number of hydrogen-bond acceptors (Lipinski definition) is 1. The zero-order chi connectivity index (χ0) is 29.1. The molecule has 0 fully saturated rings. The standard InChI is InChI=1S/C13H8F21N.ClH/c14-4(15,2-1-3-35)5(16,17)6(18,19)7(20,21)8(22,23)9(24,25)10(26,27)11(28,29)12(30,31)13(32,33)34;/h1-3,35H2;1H. The van der Waals surface area contributed by atoms with Crippen LogP contribution in [0, 0.1) is 0 Å². The number of rotatable bonds is 11. The van der Waals surface area contributed by atoms with Gasteiger partial charge in [-0.25, -0.2) is 0 Å². The Balaban J connectivity index is 0. The molecule has 0 saturated heterocycles. The van der Waals surface area contributed by atoms with Crippen molar-refractivity contribution in [2.75, 3.05) is 6.54 Å². The van der Waals surface area contributed by atoms with Crippen molar-refractivity contribution < 1.29 is 92.2 Å². The van der Waals surface area contributed by atoms with Gasteiger partial charge in [0.2, 0.25) is 0 Å². The van der Waals surface area contributed by atoms with Crippen LogP contribution >= 0.6 is 12.4 Å². The Kier molecular flexibility index (Phi) is 9.76. The number of nitrogens with two attached hydrogens (primary N) is 1. The van der Waals surface area contributed by atoms with Crippen LogP contribution in [-0.4, -0.2) is 66.0 Å². The molecule has 0 aliphatic rings. The average Bonchev–Trinajstić information content (AvgIpc) is 2.64. The van der Waals surface area contributed by atoms with E-state index >= 15 is 0 Å². The van der Waals surface area contributed by atoms with E-state index in [2.05, 4.69) is 5.73 Å². The predicted molar refractivity (Wildman–Crippen MR) is 76.1 cm³/mol. The van der Waals surface area contributed by atoms with Crippen LogP contribution in [0.4, 0.5) is 92.2 Å². The van der Waals surface area contributed by atoms with Crippen LogP contribution in [0.15, 0.2) is 0 Å². The van der Waals surface area contributed by atoms with Gasteiger partial charge in [0.05, 0.1) is 0 Å². The molecule has 1 nitrogen and oxygen atoms in total. The second kappa shape index (κ2) is 9.51. The summed E-state index contributed by atoms with van der Waals surface area (Å²) >= 11 is 0. The number of alkyl halides is 21. The molecule has 23 heteroatoms. The van der Waals surface area contributed by atoms with Crippen molar-refractivity contribution in [3.05, 3.63) is 0 Å². The van der Waals surface area contributed by atoms with Gasteiger partial charge in [0, 0.05) is 6.42 Å². The molecule has 0 radical (unpaired) electrons. The highest BCUT2D eigenvalue weighted by Gasteiger charge is 2.97. The fourth-order valence-corrected chi connectivity index (χ4v) is 2.07. The molecule has 0 rings (SSSR count). The highest BCUT2D eigenvalue weighted by atomic mass is 35.5. The van der Waals surface area contributed by atoms with Crippen molar-refractivity contribution in [2.45, 2.75) is 72.3 Å². The predicted octanol–water partition coefficient (Wildman–Crippen LogP) is 7.43. The van der Waals surface area contributed by atoms with E-state index in [4.69, 9.17) is 0 Å². The lowest BCUT2D eigenvalue weighted by atomic mass is 9.85. The maximum Gasteiger partial charge on any atom is 0.460 e. The van der Waals surface area contributed by atoms with Crippen molar-refractivity contribution >= 4 is 12.4 Å². The normalized spacial score (nSPS) is 16.2. The Labute approximate surface area is 190 Å². The molecule has 36 heavy (non-hydrogen) atoms. The number of halogens is 22. The molecule has 0 heterocycles. The maximum atomic E-state index is 13.5. The lowest BCUT2D eigenvalue weighted by Crippen LogP contribution is -2.76. The van der Waals surface area contributed by atoms with Gasteiger partial charge >= 0.3 is 59.5 Å². The Hall–Kier alpha value is -1.22. The molecule has 0 aromatic rings. The average molecular weight is 614 g/mol. The largest absolute Gasteiger partial charge is 0.460 e. The summed E-state index contributed by atoms with van der Waals surface area (Å²) in [7, 11) is 0. The second-order valence-corrected chi connectivity index (χ2v) is 6.69. The van der Waals surface area contributed by atoms with Gasteiger partial charge in [0.25, 0.3) is 0 Å². The van der Waals surface area contributed by atoms with Crippen molar-refractivity contribution in [1.82, 2.24) is 0 Å². The first kappa shape index (κ1) is 36.9. The molecule has 0 saturated carbocycles. The zero-order valence-corrected chi connectivity index (χ0v) is 16.9. The van der Waals surface area contributed by atoms with E-state index < -0.39 is 78.9 Å². The minimum absolute atomic E-state index is 0. The van der Waals surface area contributed by atoms with Crippen LogP contribution in [-0.2, 0) is 0 Å². The van der Waals surface area contributed by atoms with E-state index in [9.17, 15) is 92.2 Å². The minimum atomic E-state index is -9.15. The van der Waals surface area contributed by atoms with Crippen LogP contribution in [0.25, 0.3) is 0 Å². The first-order valence-electron chi connectivity index (χ1n) is 7.98. The molecule has 0 amide bonds. The first-order valence-corrected chi connectivity index (χ1v) is 7.98. The lowest BCUT2D eigenvalue weighted by Gasteiger charge is -2.44. The topological polar surface area (TPSA) is 26.0 Å². The van der Waals surface area contributed by atoms with Crippen molar-refractivity contribution in [1.29, 1.82) is 0 Å². The third-order valence-corrected chi connectivity index (χ3v) is 4.27. The van der Waals surface area contributed by atoms with Gasteiger partial charge in [0.15, 0.2) is 0 Å². The molecule has 0 atom stereocenters. The molecule has 0 bridgehead atoms. The van der Waals surface area contributed by atoms with E-state index in [1.165, 1.54) is 0 Å². The van der Waals surface area contributed by atoms with Crippen molar-refractivity contribution in [2.24, 2.45) is 5.73 Å². The quantitative estimate of drug-likeness (QED) is 0.241. The molecule has 220 valence electrons. The van der Waals surface area contributed by atoms with Crippen molar-refractivity contribution in [3.63, 3.8) is 0 Å². The van der Waals surface area contributed by atoms with Gasteiger partial charge in [-0.3, -0.25) is 0 Å². The Morgan fingerprint density at radius 2 is 0.583 bits per heavy atom. The lowest BCUT2D eigenvalue weighted by molar-refractivity contribution is -0.474. The summed E-state index contributed by atoms with van der Waals surface area (Å²) in [5.41, 5.74) is 4.53. The van der Waals surface area contributed by atoms with E-state index in [-0.39, 0.29) is 12.4 Å². The molecule has 0 aliphatic carbocycles. The van der Waals surface area contributed by atoms with Crippen molar-refractivity contribution in [3.8, 4) is 0 Å². The van der Waals surface area contributed by atoms with Gasteiger partial charge in [-0.2, -0.15) is 92.2 Å². The Bertz CT molecular complexity index is 753. The maximum absolute atomic E-state index is 13.5. The van der Waals surface area contributed by atoms with Gasteiger partial charge in [-0.05, 0) is 13.0 Å². The third-order valence-electron chi connectivity index (χ3n) is 4.27. The number of hydrogen-bond donors (Lipinski definition) is 1. The minimum Gasteiger partial charge on any atom is -0.330 e. The van der Waals surface area contributed by atoms with Crippen LogP contribution in [0.3, 0.4) is 0 Å². The Morgan fingerprint density at radius 1 is 0.361 bits per heavy atom. The molecule has 0 aliphatic heterocycles. The van der Waals surface area contributed by atoms with E-state index in [0.717, 1.165) is 0 Å². The fraction of sp³-hybridized carbons (Fsp3) is 1.00. The monoisotopic (exact) mass is 613 g/mol. The summed E-state index contributed by atoms with van der Waals surface area (Å²) in [6, 6.07) is 0. The molecular weight excluding hydrogens is 605 g/mol. The summed E-state index contributed by atoms with van der Waals surface area (Å²) in [5, 5.41) is 0. The fourth-order valence-electron chi connectivity index (χ4n) is 2.07. The summed E-state index contributed by atoms with van der Waals surface area (Å²) < 4.78 is 274. The molecule has 0 aromatic carbocycles. The molecular formula is C13H9ClF21N. The van der Waals surface area contributed by atoms with E-state index in [0.29, 0.717) is 0 Å². The van der Waals surface area contributed by atoms with E-state index in [1.54, 1.807) is 0 Å². The van der Waals surface area contributed by atoms with Gasteiger partial charge in [0.1, 0.15) is 0 Å². The molecule has 2 N–H and O–H groups in total. The SMILES string of the molecule is Cl.NCCCC(F)(F)C(F)(F)C(F)(F)C(F)(F)C(F)(F)C(F)(F)C(F)(F)C(F)(F)C(F)(F)C(F)(F)F.